The Bertz CT molecular complexity index is 499. The van der Waals surface area contributed by atoms with Crippen LogP contribution in [0.1, 0.15) is 38.7 Å². The Labute approximate surface area is 138 Å². The first-order valence-corrected chi connectivity index (χ1v) is 8.24. The van der Waals surface area contributed by atoms with E-state index in [-0.39, 0.29) is 18.6 Å². The SMILES string of the molecule is CC(C)(C)OC(=O)NCN1CC[C@H](C(CO)c2ccccc2)C1. The van der Waals surface area contributed by atoms with Gasteiger partial charge >= 0.3 is 6.09 Å². The molecule has 1 heterocycles. The predicted molar refractivity (Wildman–Crippen MR) is 90.2 cm³/mol. The maximum atomic E-state index is 11.7. The molecule has 0 aliphatic carbocycles. The summed E-state index contributed by atoms with van der Waals surface area (Å²) < 4.78 is 5.25. The Morgan fingerprint density at radius 3 is 2.70 bits per heavy atom. The topological polar surface area (TPSA) is 61.8 Å². The van der Waals surface area contributed by atoms with E-state index in [1.165, 1.54) is 5.56 Å². The molecule has 1 amide bonds. The molecule has 23 heavy (non-hydrogen) atoms. The fraction of sp³-hybridized carbons (Fsp3) is 0.611. The van der Waals surface area contributed by atoms with Crippen LogP contribution < -0.4 is 5.32 Å². The standard InChI is InChI=1S/C18H28N2O3/c1-18(2,3)23-17(22)19-13-20-10-9-15(11-20)16(12-21)14-7-5-4-6-8-14/h4-8,15-16,21H,9-13H2,1-3H3,(H,19,22)/t15-,16?/m0/s1. The van der Waals surface area contributed by atoms with Gasteiger partial charge in [-0.2, -0.15) is 0 Å². The highest BCUT2D eigenvalue weighted by molar-refractivity contribution is 5.67. The molecule has 2 rings (SSSR count). The second-order valence-corrected chi connectivity index (χ2v) is 7.16. The number of nitrogens with zero attached hydrogens (tertiary/aromatic N) is 1. The van der Waals surface area contributed by atoms with Crippen LogP contribution in [0.4, 0.5) is 4.79 Å². The van der Waals surface area contributed by atoms with E-state index < -0.39 is 5.60 Å². The van der Waals surface area contributed by atoms with Gasteiger partial charge in [0, 0.05) is 19.0 Å². The summed E-state index contributed by atoms with van der Waals surface area (Å²) in [6, 6.07) is 10.2. The van der Waals surface area contributed by atoms with E-state index in [2.05, 4.69) is 22.3 Å². The van der Waals surface area contributed by atoms with Gasteiger partial charge in [0.05, 0.1) is 13.3 Å². The van der Waals surface area contributed by atoms with Crippen molar-refractivity contribution in [3.8, 4) is 0 Å². The highest BCUT2D eigenvalue weighted by atomic mass is 16.6. The molecule has 1 aromatic carbocycles. The van der Waals surface area contributed by atoms with Crippen molar-refractivity contribution >= 4 is 6.09 Å². The van der Waals surface area contributed by atoms with E-state index in [4.69, 9.17) is 4.74 Å². The zero-order valence-electron chi connectivity index (χ0n) is 14.3. The lowest BCUT2D eigenvalue weighted by Gasteiger charge is -2.24. The number of carbonyl (C=O) groups is 1. The molecular weight excluding hydrogens is 292 g/mol. The number of carbonyl (C=O) groups excluding carboxylic acids is 1. The van der Waals surface area contributed by atoms with Crippen LogP contribution in [0.3, 0.4) is 0 Å². The monoisotopic (exact) mass is 320 g/mol. The lowest BCUT2D eigenvalue weighted by molar-refractivity contribution is 0.0496. The van der Waals surface area contributed by atoms with Crippen LogP contribution in [0.25, 0.3) is 0 Å². The van der Waals surface area contributed by atoms with E-state index in [9.17, 15) is 9.90 Å². The molecule has 1 aliphatic rings. The zero-order valence-corrected chi connectivity index (χ0v) is 14.3. The Kier molecular flexibility index (Phi) is 6.02. The normalized spacial score (nSPS) is 20.3. The molecule has 1 fully saturated rings. The number of aliphatic hydroxyl groups excluding tert-OH is 1. The number of benzene rings is 1. The third-order valence-corrected chi connectivity index (χ3v) is 4.15. The largest absolute Gasteiger partial charge is 0.444 e. The van der Waals surface area contributed by atoms with Crippen LogP contribution in [0.5, 0.6) is 0 Å². The van der Waals surface area contributed by atoms with Crippen molar-refractivity contribution in [2.24, 2.45) is 5.92 Å². The maximum Gasteiger partial charge on any atom is 0.408 e. The van der Waals surface area contributed by atoms with Gasteiger partial charge in [-0.1, -0.05) is 30.3 Å². The predicted octanol–water partition coefficient (Wildman–Crippen LogP) is 2.57. The van der Waals surface area contributed by atoms with E-state index in [1.54, 1.807) is 0 Å². The van der Waals surface area contributed by atoms with Crippen LogP contribution in [-0.2, 0) is 4.74 Å². The van der Waals surface area contributed by atoms with Gasteiger partial charge in [-0.3, -0.25) is 4.90 Å². The summed E-state index contributed by atoms with van der Waals surface area (Å²) in [7, 11) is 0. The minimum atomic E-state index is -0.479. The summed E-state index contributed by atoms with van der Waals surface area (Å²) >= 11 is 0. The summed E-state index contributed by atoms with van der Waals surface area (Å²) in [6.07, 6.45) is 0.638. The number of amides is 1. The highest BCUT2D eigenvalue weighted by Gasteiger charge is 2.30. The summed E-state index contributed by atoms with van der Waals surface area (Å²) in [6.45, 7) is 7.98. The quantitative estimate of drug-likeness (QED) is 0.875. The Morgan fingerprint density at radius 2 is 2.09 bits per heavy atom. The van der Waals surface area contributed by atoms with Gasteiger partial charge < -0.3 is 15.2 Å². The number of aliphatic hydroxyl groups is 1. The van der Waals surface area contributed by atoms with Gasteiger partial charge in [-0.05, 0) is 38.7 Å². The number of hydrogen-bond acceptors (Lipinski definition) is 4. The summed E-state index contributed by atoms with van der Waals surface area (Å²) in [4.78, 5) is 13.9. The van der Waals surface area contributed by atoms with Crippen molar-refractivity contribution in [1.29, 1.82) is 0 Å². The first-order chi connectivity index (χ1) is 10.9. The second kappa shape index (κ2) is 7.79. The molecule has 0 radical (unpaired) electrons. The molecule has 2 atom stereocenters. The van der Waals surface area contributed by atoms with Crippen LogP contribution in [0.15, 0.2) is 30.3 Å². The third-order valence-electron chi connectivity index (χ3n) is 4.15. The first kappa shape index (κ1) is 17.8. The molecule has 5 heteroatoms. The van der Waals surface area contributed by atoms with Crippen LogP contribution in [-0.4, -0.2) is 48.1 Å². The Morgan fingerprint density at radius 1 is 1.39 bits per heavy atom. The first-order valence-electron chi connectivity index (χ1n) is 8.24. The van der Waals surface area contributed by atoms with Gasteiger partial charge in [0.2, 0.25) is 0 Å². The molecule has 5 nitrogen and oxygen atoms in total. The molecule has 0 aromatic heterocycles. The van der Waals surface area contributed by atoms with Gasteiger partial charge in [-0.15, -0.1) is 0 Å². The van der Waals surface area contributed by atoms with Crippen molar-refractivity contribution in [3.63, 3.8) is 0 Å². The summed E-state index contributed by atoms with van der Waals surface area (Å²) in [5.74, 6) is 0.561. The average Bonchev–Trinajstić information content (AvgIpc) is 2.94. The number of rotatable bonds is 5. The molecule has 2 N–H and O–H groups in total. The molecule has 0 spiro atoms. The van der Waals surface area contributed by atoms with Gasteiger partial charge in [0.15, 0.2) is 0 Å². The van der Waals surface area contributed by atoms with Crippen LogP contribution in [0.2, 0.25) is 0 Å². The lowest BCUT2D eigenvalue weighted by atomic mass is 9.86. The average molecular weight is 320 g/mol. The van der Waals surface area contributed by atoms with Crippen molar-refractivity contribution in [1.82, 2.24) is 10.2 Å². The zero-order chi connectivity index (χ0) is 16.9. The number of hydrogen-bond donors (Lipinski definition) is 2. The molecule has 0 bridgehead atoms. The number of ether oxygens (including phenoxy) is 1. The molecule has 1 aromatic rings. The second-order valence-electron chi connectivity index (χ2n) is 7.16. The van der Waals surface area contributed by atoms with Crippen LogP contribution >= 0.6 is 0 Å². The van der Waals surface area contributed by atoms with Gasteiger partial charge in [0.1, 0.15) is 5.60 Å². The third kappa shape index (κ3) is 5.52. The van der Waals surface area contributed by atoms with E-state index in [0.717, 1.165) is 19.5 Å². The van der Waals surface area contributed by atoms with Crippen molar-refractivity contribution in [2.75, 3.05) is 26.4 Å². The molecule has 0 saturated carbocycles. The maximum absolute atomic E-state index is 11.7. The molecule has 1 saturated heterocycles. The fourth-order valence-electron chi connectivity index (χ4n) is 3.05. The van der Waals surface area contributed by atoms with Crippen molar-refractivity contribution in [2.45, 2.75) is 38.7 Å². The lowest BCUT2D eigenvalue weighted by Crippen LogP contribution is -2.39. The minimum Gasteiger partial charge on any atom is -0.444 e. The summed E-state index contributed by atoms with van der Waals surface area (Å²) in [5.41, 5.74) is 0.703. The molecule has 1 aliphatic heterocycles. The smallest absolute Gasteiger partial charge is 0.408 e. The van der Waals surface area contributed by atoms with Gasteiger partial charge in [0.25, 0.3) is 0 Å². The van der Waals surface area contributed by atoms with Crippen molar-refractivity contribution in [3.05, 3.63) is 35.9 Å². The fourth-order valence-corrected chi connectivity index (χ4v) is 3.05. The molecule has 1 unspecified atom stereocenters. The number of likely N-dealkylation sites (tertiary alicyclic amines) is 1. The van der Waals surface area contributed by atoms with Gasteiger partial charge in [-0.25, -0.2) is 4.79 Å². The molecule has 128 valence electrons. The molecular formula is C18H28N2O3. The highest BCUT2D eigenvalue weighted by Crippen LogP contribution is 2.31. The Balaban J connectivity index is 1.82. The van der Waals surface area contributed by atoms with Crippen LogP contribution in [0, 0.1) is 5.92 Å². The minimum absolute atomic E-state index is 0.155. The van der Waals surface area contributed by atoms with E-state index >= 15 is 0 Å². The number of alkyl carbamates (subject to hydrolysis) is 1. The number of nitrogens with one attached hydrogen (secondary N) is 1. The van der Waals surface area contributed by atoms with E-state index in [1.807, 2.05) is 39.0 Å². The van der Waals surface area contributed by atoms with Crippen molar-refractivity contribution < 1.29 is 14.6 Å². The Hall–Kier alpha value is -1.59. The van der Waals surface area contributed by atoms with E-state index in [0.29, 0.717) is 12.6 Å². The summed E-state index contributed by atoms with van der Waals surface area (Å²) in [5, 5.41) is 12.6.